The van der Waals surface area contributed by atoms with E-state index in [1.807, 2.05) is 30.3 Å². The molecule has 1 aliphatic heterocycles. The molecule has 0 saturated carbocycles. The summed E-state index contributed by atoms with van der Waals surface area (Å²) in [5, 5.41) is 2.71. The van der Waals surface area contributed by atoms with Crippen LogP contribution in [0.4, 0.5) is 0 Å². The van der Waals surface area contributed by atoms with Crippen molar-refractivity contribution in [1.29, 1.82) is 0 Å². The summed E-state index contributed by atoms with van der Waals surface area (Å²) in [5.74, 6) is 1.19. The lowest BCUT2D eigenvalue weighted by Gasteiger charge is -2.12. The van der Waals surface area contributed by atoms with Gasteiger partial charge in [0.2, 0.25) is 15.9 Å². The summed E-state index contributed by atoms with van der Waals surface area (Å²) in [4.78, 5) is 4.20. The predicted molar refractivity (Wildman–Crippen MR) is 87.8 cm³/mol. The zero-order chi connectivity index (χ0) is 16.1. The molecule has 2 aromatic rings. The van der Waals surface area contributed by atoms with Crippen molar-refractivity contribution in [2.45, 2.75) is 18.2 Å². The quantitative estimate of drug-likeness (QED) is 0.840. The van der Waals surface area contributed by atoms with Gasteiger partial charge in [-0.25, -0.2) is 18.1 Å². The zero-order valence-corrected chi connectivity index (χ0v) is 13.4. The van der Waals surface area contributed by atoms with Crippen molar-refractivity contribution in [1.82, 2.24) is 15.0 Å². The first-order valence-corrected chi connectivity index (χ1v) is 9.05. The third-order valence-electron chi connectivity index (χ3n) is 3.69. The Morgan fingerprint density at radius 3 is 2.70 bits per heavy atom. The first-order chi connectivity index (χ1) is 11.1. The second-order valence-electron chi connectivity index (χ2n) is 5.40. The Balaban J connectivity index is 1.57. The van der Waals surface area contributed by atoms with E-state index in [4.69, 9.17) is 4.74 Å². The Morgan fingerprint density at radius 2 is 2.04 bits per heavy atom. The number of hydrogen-bond donors (Lipinski definition) is 2. The van der Waals surface area contributed by atoms with Crippen LogP contribution in [0.3, 0.4) is 0 Å². The Hall–Kier alpha value is -1.96. The van der Waals surface area contributed by atoms with Crippen LogP contribution in [0.15, 0.2) is 48.7 Å². The highest BCUT2D eigenvalue weighted by molar-refractivity contribution is 7.90. The van der Waals surface area contributed by atoms with Crippen LogP contribution in [0.25, 0.3) is 0 Å². The smallest absolute Gasteiger partial charge is 0.219 e. The molecule has 1 saturated heterocycles. The van der Waals surface area contributed by atoms with E-state index in [-0.39, 0.29) is 11.8 Å². The number of ether oxygens (including phenoxy) is 1. The summed E-state index contributed by atoms with van der Waals surface area (Å²) in [7, 11) is -3.29. The SMILES string of the molecule is O=S(=O)(NCc1ccc(Oc2ccccc2)nc1)C1CCNC1. The first kappa shape index (κ1) is 15.9. The van der Waals surface area contributed by atoms with Crippen LogP contribution in [0.1, 0.15) is 12.0 Å². The van der Waals surface area contributed by atoms with Crippen LogP contribution in [-0.4, -0.2) is 31.7 Å². The summed E-state index contributed by atoms with van der Waals surface area (Å²) in [5.41, 5.74) is 0.792. The summed E-state index contributed by atoms with van der Waals surface area (Å²) < 4.78 is 32.5. The van der Waals surface area contributed by atoms with Crippen molar-refractivity contribution in [2.75, 3.05) is 13.1 Å². The number of benzene rings is 1. The molecule has 122 valence electrons. The Bertz CT molecular complexity index is 727. The number of nitrogens with one attached hydrogen (secondary N) is 2. The molecule has 23 heavy (non-hydrogen) atoms. The van der Waals surface area contributed by atoms with E-state index in [0.29, 0.717) is 24.6 Å². The fourth-order valence-electron chi connectivity index (χ4n) is 2.38. The molecule has 1 aromatic heterocycles. The minimum Gasteiger partial charge on any atom is -0.439 e. The van der Waals surface area contributed by atoms with Gasteiger partial charge in [0.25, 0.3) is 0 Å². The van der Waals surface area contributed by atoms with Gasteiger partial charge in [0.15, 0.2) is 0 Å². The zero-order valence-electron chi connectivity index (χ0n) is 12.6. The monoisotopic (exact) mass is 333 g/mol. The van der Waals surface area contributed by atoms with Crippen LogP contribution >= 0.6 is 0 Å². The highest BCUT2D eigenvalue weighted by Crippen LogP contribution is 2.18. The van der Waals surface area contributed by atoms with E-state index in [2.05, 4.69) is 15.0 Å². The van der Waals surface area contributed by atoms with E-state index in [9.17, 15) is 8.42 Å². The lowest BCUT2D eigenvalue weighted by atomic mass is 10.3. The number of para-hydroxylation sites is 1. The highest BCUT2D eigenvalue weighted by Gasteiger charge is 2.27. The molecule has 1 unspecified atom stereocenters. The molecule has 1 aliphatic rings. The minimum atomic E-state index is -3.29. The fraction of sp³-hybridized carbons (Fsp3) is 0.312. The predicted octanol–water partition coefficient (Wildman–Crippen LogP) is 1.66. The molecule has 7 heteroatoms. The van der Waals surface area contributed by atoms with Gasteiger partial charge in [-0.3, -0.25) is 0 Å². The standard InChI is InChI=1S/C16H19N3O3S/c20-23(21,15-8-9-17-12-15)19-11-13-6-7-16(18-10-13)22-14-4-2-1-3-5-14/h1-7,10,15,17,19H,8-9,11-12H2. The van der Waals surface area contributed by atoms with E-state index in [0.717, 1.165) is 12.1 Å². The van der Waals surface area contributed by atoms with E-state index in [1.165, 1.54) is 0 Å². The van der Waals surface area contributed by atoms with Gasteiger partial charge in [-0.15, -0.1) is 0 Å². The number of rotatable bonds is 6. The van der Waals surface area contributed by atoms with Crippen molar-refractivity contribution in [3.8, 4) is 11.6 Å². The van der Waals surface area contributed by atoms with Gasteiger partial charge >= 0.3 is 0 Å². The van der Waals surface area contributed by atoms with Crippen LogP contribution in [0, 0.1) is 0 Å². The van der Waals surface area contributed by atoms with Gasteiger partial charge in [0, 0.05) is 25.4 Å². The normalized spacial score (nSPS) is 18.0. The van der Waals surface area contributed by atoms with Crippen LogP contribution in [-0.2, 0) is 16.6 Å². The van der Waals surface area contributed by atoms with E-state index < -0.39 is 10.0 Å². The summed E-state index contributed by atoms with van der Waals surface area (Å²) in [6, 6.07) is 12.9. The van der Waals surface area contributed by atoms with Crippen LogP contribution in [0.5, 0.6) is 11.6 Å². The second kappa shape index (κ2) is 7.08. The molecule has 1 aromatic carbocycles. The van der Waals surface area contributed by atoms with E-state index in [1.54, 1.807) is 18.3 Å². The van der Waals surface area contributed by atoms with Gasteiger partial charge in [0.05, 0.1) is 5.25 Å². The molecular formula is C16H19N3O3S. The maximum Gasteiger partial charge on any atom is 0.219 e. The molecule has 2 N–H and O–H groups in total. The number of sulfonamides is 1. The highest BCUT2D eigenvalue weighted by atomic mass is 32.2. The van der Waals surface area contributed by atoms with Gasteiger partial charge in [0.1, 0.15) is 5.75 Å². The second-order valence-corrected chi connectivity index (χ2v) is 7.45. The molecule has 3 rings (SSSR count). The van der Waals surface area contributed by atoms with Gasteiger partial charge < -0.3 is 10.1 Å². The third kappa shape index (κ3) is 4.28. The van der Waals surface area contributed by atoms with E-state index >= 15 is 0 Å². The first-order valence-electron chi connectivity index (χ1n) is 7.50. The summed E-state index contributed by atoms with van der Waals surface area (Å²) in [6.45, 7) is 1.49. The molecule has 1 fully saturated rings. The Morgan fingerprint density at radius 1 is 1.22 bits per heavy atom. The lowest BCUT2D eigenvalue weighted by Crippen LogP contribution is -2.35. The Kier molecular flexibility index (Phi) is 4.90. The molecule has 0 spiro atoms. The maximum absolute atomic E-state index is 12.1. The van der Waals surface area contributed by atoms with Crippen molar-refractivity contribution >= 4 is 10.0 Å². The molecule has 6 nitrogen and oxygen atoms in total. The largest absolute Gasteiger partial charge is 0.439 e. The molecule has 1 atom stereocenters. The Labute approximate surface area is 136 Å². The number of pyridine rings is 1. The number of nitrogens with zero attached hydrogens (tertiary/aromatic N) is 1. The van der Waals surface area contributed by atoms with Gasteiger partial charge in [-0.05, 0) is 30.7 Å². The molecule has 0 amide bonds. The molecular weight excluding hydrogens is 314 g/mol. The maximum atomic E-state index is 12.1. The molecule has 0 bridgehead atoms. The topological polar surface area (TPSA) is 80.3 Å². The molecule has 2 heterocycles. The lowest BCUT2D eigenvalue weighted by molar-refractivity contribution is 0.462. The third-order valence-corrected chi connectivity index (χ3v) is 5.52. The van der Waals surface area contributed by atoms with Crippen LogP contribution in [0.2, 0.25) is 0 Å². The average molecular weight is 333 g/mol. The minimum absolute atomic E-state index is 0.234. The summed E-state index contributed by atoms with van der Waals surface area (Å²) in [6.07, 6.45) is 2.27. The fourth-order valence-corrected chi connectivity index (χ4v) is 3.75. The average Bonchev–Trinajstić information content (AvgIpc) is 3.11. The van der Waals surface area contributed by atoms with Crippen molar-refractivity contribution in [3.63, 3.8) is 0 Å². The number of hydrogen-bond acceptors (Lipinski definition) is 5. The van der Waals surface area contributed by atoms with Crippen LogP contribution < -0.4 is 14.8 Å². The van der Waals surface area contributed by atoms with Crippen molar-refractivity contribution in [3.05, 3.63) is 54.2 Å². The summed E-state index contributed by atoms with van der Waals surface area (Å²) >= 11 is 0. The molecule has 0 radical (unpaired) electrons. The van der Waals surface area contributed by atoms with Gasteiger partial charge in [-0.1, -0.05) is 24.3 Å². The van der Waals surface area contributed by atoms with Gasteiger partial charge in [-0.2, -0.15) is 0 Å². The molecule has 0 aliphatic carbocycles. The van der Waals surface area contributed by atoms with Crippen molar-refractivity contribution < 1.29 is 13.2 Å². The van der Waals surface area contributed by atoms with Crippen molar-refractivity contribution in [2.24, 2.45) is 0 Å². The number of aromatic nitrogens is 1.